The number of carboxylic acids is 1. The molecule has 5 nitrogen and oxygen atoms in total. The van der Waals surface area contributed by atoms with E-state index in [-0.39, 0.29) is 12.3 Å². The Labute approximate surface area is 130 Å². The van der Waals surface area contributed by atoms with E-state index in [1.165, 1.54) is 0 Å². The Bertz CT molecular complexity index is 537. The third-order valence-corrected chi connectivity index (χ3v) is 4.32. The molecule has 1 aliphatic carbocycles. The Kier molecular flexibility index (Phi) is 5.55. The minimum atomic E-state index is -0.856. The van der Waals surface area contributed by atoms with Gasteiger partial charge < -0.3 is 15.2 Å². The lowest BCUT2D eigenvalue weighted by Crippen LogP contribution is -2.42. The first-order chi connectivity index (χ1) is 10.6. The van der Waals surface area contributed by atoms with Crippen molar-refractivity contribution in [3.63, 3.8) is 0 Å². The van der Waals surface area contributed by atoms with Crippen LogP contribution in [0, 0.1) is 5.41 Å². The summed E-state index contributed by atoms with van der Waals surface area (Å²) in [7, 11) is 0. The van der Waals surface area contributed by atoms with Crippen LogP contribution in [0.3, 0.4) is 0 Å². The summed E-state index contributed by atoms with van der Waals surface area (Å²) in [6.45, 7) is 3.50. The average Bonchev–Trinajstić information content (AvgIpc) is 2.47. The molecular formula is C17H23NO4. The number of aliphatic carboxylic acids is 1. The number of rotatable bonds is 8. The summed E-state index contributed by atoms with van der Waals surface area (Å²) in [6.07, 6.45) is 2.14. The van der Waals surface area contributed by atoms with Gasteiger partial charge in [0.1, 0.15) is 0 Å². The Morgan fingerprint density at radius 1 is 1.27 bits per heavy atom. The molecule has 22 heavy (non-hydrogen) atoms. The molecule has 1 aliphatic rings. The number of amides is 1. The van der Waals surface area contributed by atoms with Crippen LogP contribution in [0.4, 0.5) is 0 Å². The molecule has 0 spiro atoms. The second-order valence-corrected chi connectivity index (χ2v) is 5.80. The maximum atomic E-state index is 12.0. The third-order valence-electron chi connectivity index (χ3n) is 4.32. The fourth-order valence-electron chi connectivity index (χ4n) is 2.72. The molecule has 5 heteroatoms. The summed E-state index contributed by atoms with van der Waals surface area (Å²) in [5.74, 6) is -1.06. The monoisotopic (exact) mass is 305 g/mol. The predicted octanol–water partition coefficient (Wildman–Crippen LogP) is 2.48. The van der Waals surface area contributed by atoms with Gasteiger partial charge in [0.2, 0.25) is 5.91 Å². The van der Waals surface area contributed by atoms with Gasteiger partial charge in [-0.1, -0.05) is 30.7 Å². The van der Waals surface area contributed by atoms with Crippen LogP contribution in [-0.2, 0) is 27.5 Å². The van der Waals surface area contributed by atoms with Crippen molar-refractivity contribution in [2.24, 2.45) is 5.41 Å². The van der Waals surface area contributed by atoms with Gasteiger partial charge in [-0.25, -0.2) is 0 Å². The van der Waals surface area contributed by atoms with Crippen molar-refractivity contribution in [2.45, 2.75) is 45.8 Å². The first kappa shape index (κ1) is 16.5. The van der Waals surface area contributed by atoms with Crippen LogP contribution in [0.15, 0.2) is 24.3 Å². The Hall–Kier alpha value is -1.88. The van der Waals surface area contributed by atoms with Crippen LogP contribution in [0.2, 0.25) is 0 Å². The normalized spacial score (nSPS) is 15.9. The minimum Gasteiger partial charge on any atom is -0.481 e. The molecule has 120 valence electrons. The van der Waals surface area contributed by atoms with E-state index in [0.717, 1.165) is 17.5 Å². The highest BCUT2D eigenvalue weighted by Crippen LogP contribution is 2.44. The molecule has 1 saturated carbocycles. The Morgan fingerprint density at radius 2 is 1.95 bits per heavy atom. The highest BCUT2D eigenvalue weighted by atomic mass is 16.5. The minimum absolute atomic E-state index is 0.0654. The largest absolute Gasteiger partial charge is 0.481 e. The highest BCUT2D eigenvalue weighted by molar-refractivity contribution is 5.85. The van der Waals surface area contributed by atoms with E-state index >= 15 is 0 Å². The Balaban J connectivity index is 1.90. The Morgan fingerprint density at radius 3 is 2.50 bits per heavy atom. The zero-order chi connectivity index (χ0) is 16.0. The molecule has 0 unspecified atom stereocenters. The van der Waals surface area contributed by atoms with Gasteiger partial charge in [0.05, 0.1) is 12.0 Å². The van der Waals surface area contributed by atoms with Gasteiger partial charge >= 0.3 is 5.97 Å². The van der Waals surface area contributed by atoms with Crippen LogP contribution >= 0.6 is 0 Å². The van der Waals surface area contributed by atoms with Crippen LogP contribution in [0.1, 0.15) is 43.7 Å². The quantitative estimate of drug-likeness (QED) is 0.773. The van der Waals surface area contributed by atoms with E-state index in [1.807, 2.05) is 31.2 Å². The first-order valence-electron chi connectivity index (χ1n) is 7.72. The van der Waals surface area contributed by atoms with Crippen molar-refractivity contribution < 1.29 is 19.4 Å². The number of hydrogen-bond donors (Lipinski definition) is 2. The van der Waals surface area contributed by atoms with Crippen molar-refractivity contribution in [2.75, 3.05) is 6.61 Å². The van der Waals surface area contributed by atoms with Gasteiger partial charge in [0.15, 0.2) is 0 Å². The topological polar surface area (TPSA) is 75.6 Å². The first-order valence-corrected chi connectivity index (χ1v) is 7.72. The third kappa shape index (κ3) is 3.85. The number of nitrogens with one attached hydrogen (secondary N) is 1. The van der Waals surface area contributed by atoms with Crippen molar-refractivity contribution >= 4 is 11.9 Å². The van der Waals surface area contributed by atoms with Crippen molar-refractivity contribution in [1.82, 2.24) is 5.32 Å². The SMILES string of the molecule is CCOCc1ccccc1CNC(=O)CC1(C(=O)O)CCC1. The van der Waals surface area contributed by atoms with E-state index < -0.39 is 11.4 Å². The van der Waals surface area contributed by atoms with E-state index in [2.05, 4.69) is 5.32 Å². The van der Waals surface area contributed by atoms with Crippen molar-refractivity contribution in [3.8, 4) is 0 Å². The fourth-order valence-corrected chi connectivity index (χ4v) is 2.72. The van der Waals surface area contributed by atoms with Crippen LogP contribution in [0.25, 0.3) is 0 Å². The molecule has 1 aromatic carbocycles. The summed E-state index contributed by atoms with van der Waals surface area (Å²) in [5, 5.41) is 12.1. The van der Waals surface area contributed by atoms with Crippen LogP contribution in [-0.4, -0.2) is 23.6 Å². The summed E-state index contributed by atoms with van der Waals surface area (Å²) < 4.78 is 5.42. The number of carbonyl (C=O) groups excluding carboxylic acids is 1. The van der Waals surface area contributed by atoms with Crippen molar-refractivity contribution in [1.29, 1.82) is 0 Å². The van der Waals surface area contributed by atoms with E-state index in [0.29, 0.717) is 32.6 Å². The molecule has 0 aliphatic heterocycles. The number of ether oxygens (including phenoxy) is 1. The summed E-state index contributed by atoms with van der Waals surface area (Å²) in [4.78, 5) is 23.3. The van der Waals surface area contributed by atoms with E-state index in [4.69, 9.17) is 4.74 Å². The number of carboxylic acid groups (broad SMARTS) is 1. The zero-order valence-corrected chi connectivity index (χ0v) is 12.9. The van der Waals surface area contributed by atoms with Gasteiger partial charge in [-0.3, -0.25) is 9.59 Å². The molecule has 1 aromatic rings. The highest BCUT2D eigenvalue weighted by Gasteiger charge is 2.45. The molecule has 2 N–H and O–H groups in total. The van der Waals surface area contributed by atoms with Gasteiger partial charge in [-0.05, 0) is 30.9 Å². The molecule has 1 amide bonds. The molecule has 0 aromatic heterocycles. The number of carbonyl (C=O) groups is 2. The molecule has 0 radical (unpaired) electrons. The predicted molar refractivity (Wildman–Crippen MR) is 82.2 cm³/mol. The lowest BCUT2D eigenvalue weighted by Gasteiger charge is -2.36. The van der Waals surface area contributed by atoms with Crippen LogP contribution < -0.4 is 5.32 Å². The molecule has 0 heterocycles. The summed E-state index contributed by atoms with van der Waals surface area (Å²) >= 11 is 0. The van der Waals surface area contributed by atoms with Gasteiger partial charge in [0, 0.05) is 19.6 Å². The van der Waals surface area contributed by atoms with E-state index in [1.54, 1.807) is 0 Å². The van der Waals surface area contributed by atoms with Gasteiger partial charge in [-0.2, -0.15) is 0 Å². The fraction of sp³-hybridized carbons (Fsp3) is 0.529. The lowest BCUT2D eigenvalue weighted by molar-refractivity contribution is -0.157. The van der Waals surface area contributed by atoms with Gasteiger partial charge in [-0.15, -0.1) is 0 Å². The van der Waals surface area contributed by atoms with E-state index in [9.17, 15) is 14.7 Å². The molecular weight excluding hydrogens is 282 g/mol. The maximum Gasteiger partial charge on any atom is 0.310 e. The number of benzene rings is 1. The lowest BCUT2D eigenvalue weighted by atomic mass is 9.66. The average molecular weight is 305 g/mol. The van der Waals surface area contributed by atoms with Crippen molar-refractivity contribution in [3.05, 3.63) is 35.4 Å². The second-order valence-electron chi connectivity index (χ2n) is 5.80. The zero-order valence-electron chi connectivity index (χ0n) is 12.9. The molecule has 1 fully saturated rings. The summed E-state index contributed by atoms with van der Waals surface area (Å²) in [5.41, 5.74) is 1.21. The summed E-state index contributed by atoms with van der Waals surface area (Å²) in [6, 6.07) is 7.78. The second kappa shape index (κ2) is 7.40. The van der Waals surface area contributed by atoms with Gasteiger partial charge in [0.25, 0.3) is 0 Å². The molecule has 2 rings (SSSR count). The van der Waals surface area contributed by atoms with Crippen LogP contribution in [0.5, 0.6) is 0 Å². The molecule has 0 atom stereocenters. The number of hydrogen-bond acceptors (Lipinski definition) is 3. The molecule has 0 saturated heterocycles. The molecule has 0 bridgehead atoms. The smallest absolute Gasteiger partial charge is 0.310 e. The standard InChI is InChI=1S/C17H23NO4/c1-2-22-12-14-7-4-3-6-13(14)11-18-15(19)10-17(16(20)21)8-5-9-17/h3-4,6-7H,2,5,8-12H2,1H3,(H,18,19)(H,20,21). The maximum absolute atomic E-state index is 12.0.